The molecule has 1 aliphatic heterocycles. The van der Waals surface area contributed by atoms with Crippen molar-refractivity contribution in [3.8, 4) is 0 Å². The molecule has 0 saturated carbocycles. The van der Waals surface area contributed by atoms with Gasteiger partial charge in [-0.15, -0.1) is 11.3 Å². The Morgan fingerprint density at radius 2 is 1.96 bits per heavy atom. The molecule has 1 aromatic carbocycles. The predicted octanol–water partition coefficient (Wildman–Crippen LogP) is 4.67. The monoisotopic (exact) mass is 415 g/mol. The van der Waals surface area contributed by atoms with E-state index in [1.165, 1.54) is 23.5 Å². The Morgan fingerprint density at radius 3 is 2.50 bits per heavy atom. The standard InChI is InChI=1S/C17H16BrF2NO2S/c18-15-4-3-14(24-15)16(12-2-1-11(19)9-13(12)20)21-7-5-10(6-8-21)17(22)23/h1-4,9-10,16H,5-8H2,(H,22,23). The second kappa shape index (κ2) is 7.29. The number of thiophene rings is 1. The molecule has 3 nitrogen and oxygen atoms in total. The zero-order chi connectivity index (χ0) is 17.3. The van der Waals surface area contributed by atoms with Gasteiger partial charge < -0.3 is 5.11 Å². The summed E-state index contributed by atoms with van der Waals surface area (Å²) in [6.45, 7) is 1.13. The van der Waals surface area contributed by atoms with Crippen LogP contribution in [0, 0.1) is 17.6 Å². The van der Waals surface area contributed by atoms with E-state index in [1.807, 2.05) is 12.1 Å². The lowest BCUT2D eigenvalue weighted by Crippen LogP contribution is -2.39. The highest BCUT2D eigenvalue weighted by molar-refractivity contribution is 9.11. The Morgan fingerprint density at radius 1 is 1.25 bits per heavy atom. The van der Waals surface area contributed by atoms with Crippen LogP contribution in [0.5, 0.6) is 0 Å². The van der Waals surface area contributed by atoms with Gasteiger partial charge in [0.15, 0.2) is 0 Å². The topological polar surface area (TPSA) is 40.5 Å². The molecule has 0 radical (unpaired) electrons. The largest absolute Gasteiger partial charge is 0.481 e. The van der Waals surface area contributed by atoms with Gasteiger partial charge in [-0.05, 0) is 60.1 Å². The minimum absolute atomic E-state index is 0.336. The van der Waals surface area contributed by atoms with E-state index < -0.39 is 17.6 Å². The van der Waals surface area contributed by atoms with E-state index in [-0.39, 0.29) is 12.0 Å². The molecule has 1 N–H and O–H groups in total. The molecule has 1 unspecified atom stereocenters. The number of rotatable bonds is 4. The lowest BCUT2D eigenvalue weighted by molar-refractivity contribution is -0.143. The molecule has 7 heteroatoms. The summed E-state index contributed by atoms with van der Waals surface area (Å²) in [6, 6.07) is 7.13. The molecule has 1 atom stereocenters. The second-order valence-electron chi connectivity index (χ2n) is 5.86. The second-order valence-corrected chi connectivity index (χ2v) is 8.35. The van der Waals surface area contributed by atoms with Crippen molar-refractivity contribution in [2.24, 2.45) is 5.92 Å². The first-order valence-corrected chi connectivity index (χ1v) is 9.23. The molecule has 0 bridgehead atoms. The molecule has 2 heterocycles. The van der Waals surface area contributed by atoms with Gasteiger partial charge in [0.05, 0.1) is 15.7 Å². The summed E-state index contributed by atoms with van der Waals surface area (Å²) < 4.78 is 28.6. The van der Waals surface area contributed by atoms with Crippen LogP contribution in [-0.4, -0.2) is 29.1 Å². The highest BCUT2D eigenvalue weighted by Crippen LogP contribution is 2.38. The van der Waals surface area contributed by atoms with Gasteiger partial charge in [-0.1, -0.05) is 6.07 Å². The van der Waals surface area contributed by atoms with Crippen molar-refractivity contribution in [3.05, 3.63) is 56.2 Å². The van der Waals surface area contributed by atoms with Gasteiger partial charge in [-0.2, -0.15) is 0 Å². The SMILES string of the molecule is O=C(O)C1CCN(C(c2ccc(Br)s2)c2ccc(F)cc2F)CC1. The van der Waals surface area contributed by atoms with E-state index in [1.54, 1.807) is 0 Å². The molecular weight excluding hydrogens is 400 g/mol. The lowest BCUT2D eigenvalue weighted by atomic mass is 9.93. The van der Waals surface area contributed by atoms with Crippen molar-refractivity contribution in [2.75, 3.05) is 13.1 Å². The van der Waals surface area contributed by atoms with Crippen LogP contribution in [0.3, 0.4) is 0 Å². The van der Waals surface area contributed by atoms with Crippen LogP contribution in [-0.2, 0) is 4.79 Å². The zero-order valence-corrected chi connectivity index (χ0v) is 15.1. The number of hydrogen-bond donors (Lipinski definition) is 1. The fourth-order valence-corrected chi connectivity index (χ4v) is 4.71. The number of benzene rings is 1. The fourth-order valence-electron chi connectivity index (χ4n) is 3.13. The fraction of sp³-hybridized carbons (Fsp3) is 0.353. The van der Waals surface area contributed by atoms with E-state index in [0.717, 1.165) is 14.7 Å². The summed E-state index contributed by atoms with van der Waals surface area (Å²) in [5.74, 6) is -2.31. The first-order valence-electron chi connectivity index (χ1n) is 7.62. The average Bonchev–Trinajstić information content (AvgIpc) is 2.96. The van der Waals surface area contributed by atoms with E-state index in [4.69, 9.17) is 5.11 Å². The summed E-state index contributed by atoms with van der Waals surface area (Å²) in [5.41, 5.74) is 0.416. The Bertz CT molecular complexity index is 744. The third-order valence-corrected chi connectivity index (χ3v) is 6.04. The van der Waals surface area contributed by atoms with Crippen LogP contribution in [0.4, 0.5) is 8.78 Å². The van der Waals surface area contributed by atoms with E-state index in [0.29, 0.717) is 31.5 Å². The van der Waals surface area contributed by atoms with Gasteiger partial charge in [-0.25, -0.2) is 8.78 Å². The maximum atomic E-state index is 14.4. The number of nitrogens with zero attached hydrogens (tertiary/aromatic N) is 1. The summed E-state index contributed by atoms with van der Waals surface area (Å²) >= 11 is 4.93. The van der Waals surface area contributed by atoms with Crippen molar-refractivity contribution < 1.29 is 18.7 Å². The third kappa shape index (κ3) is 3.68. The van der Waals surface area contributed by atoms with Crippen molar-refractivity contribution >= 4 is 33.2 Å². The number of carboxylic acids is 1. The molecule has 1 aliphatic rings. The first kappa shape index (κ1) is 17.5. The smallest absolute Gasteiger partial charge is 0.306 e. The molecule has 2 aromatic rings. The average molecular weight is 416 g/mol. The Balaban J connectivity index is 1.93. The number of halogens is 3. The van der Waals surface area contributed by atoms with Gasteiger partial charge in [-0.3, -0.25) is 9.69 Å². The lowest BCUT2D eigenvalue weighted by Gasteiger charge is -2.36. The van der Waals surface area contributed by atoms with Crippen molar-refractivity contribution in [1.29, 1.82) is 0 Å². The molecule has 24 heavy (non-hydrogen) atoms. The highest BCUT2D eigenvalue weighted by atomic mass is 79.9. The maximum Gasteiger partial charge on any atom is 0.306 e. The minimum atomic E-state index is -0.780. The normalized spacial score (nSPS) is 17.8. The number of carbonyl (C=O) groups is 1. The van der Waals surface area contributed by atoms with Crippen LogP contribution in [0.15, 0.2) is 34.1 Å². The molecule has 3 rings (SSSR count). The number of carboxylic acid groups (broad SMARTS) is 1. The number of piperidine rings is 1. The van der Waals surface area contributed by atoms with Gasteiger partial charge in [0, 0.05) is 16.5 Å². The van der Waals surface area contributed by atoms with Crippen LogP contribution < -0.4 is 0 Å². The molecular formula is C17H16BrF2NO2S. The highest BCUT2D eigenvalue weighted by Gasteiger charge is 2.32. The number of aliphatic carboxylic acids is 1. The van der Waals surface area contributed by atoms with Gasteiger partial charge >= 0.3 is 5.97 Å². The van der Waals surface area contributed by atoms with E-state index in [2.05, 4.69) is 20.8 Å². The Kier molecular flexibility index (Phi) is 5.32. The molecule has 1 aromatic heterocycles. The molecule has 0 amide bonds. The zero-order valence-electron chi connectivity index (χ0n) is 12.7. The Hall–Kier alpha value is -1.31. The van der Waals surface area contributed by atoms with Crippen molar-refractivity contribution in [3.63, 3.8) is 0 Å². The van der Waals surface area contributed by atoms with Gasteiger partial charge in [0.2, 0.25) is 0 Å². The summed E-state index contributed by atoms with van der Waals surface area (Å²) in [4.78, 5) is 14.2. The molecule has 0 aliphatic carbocycles. The van der Waals surface area contributed by atoms with Crippen LogP contribution in [0.25, 0.3) is 0 Å². The van der Waals surface area contributed by atoms with E-state index in [9.17, 15) is 13.6 Å². The van der Waals surface area contributed by atoms with E-state index >= 15 is 0 Å². The quantitative estimate of drug-likeness (QED) is 0.788. The maximum absolute atomic E-state index is 14.4. The number of likely N-dealkylation sites (tertiary alicyclic amines) is 1. The molecule has 1 fully saturated rings. The summed E-state index contributed by atoms with van der Waals surface area (Å²) in [6.07, 6.45) is 1.06. The van der Waals surface area contributed by atoms with Crippen LogP contribution in [0.1, 0.15) is 29.3 Å². The molecule has 1 saturated heterocycles. The Labute approximate surface area is 151 Å². The van der Waals surface area contributed by atoms with Gasteiger partial charge in [0.1, 0.15) is 11.6 Å². The van der Waals surface area contributed by atoms with Gasteiger partial charge in [0.25, 0.3) is 0 Å². The first-order chi connectivity index (χ1) is 11.5. The molecule has 128 valence electrons. The molecule has 0 spiro atoms. The minimum Gasteiger partial charge on any atom is -0.481 e. The predicted molar refractivity (Wildman–Crippen MR) is 92.2 cm³/mol. The summed E-state index contributed by atoms with van der Waals surface area (Å²) in [5, 5.41) is 9.15. The summed E-state index contributed by atoms with van der Waals surface area (Å²) in [7, 11) is 0. The van der Waals surface area contributed by atoms with Crippen LogP contribution >= 0.6 is 27.3 Å². The van der Waals surface area contributed by atoms with Crippen molar-refractivity contribution in [1.82, 2.24) is 4.90 Å². The van der Waals surface area contributed by atoms with Crippen molar-refractivity contribution in [2.45, 2.75) is 18.9 Å². The number of hydrogen-bond acceptors (Lipinski definition) is 3. The van der Waals surface area contributed by atoms with Crippen LogP contribution in [0.2, 0.25) is 0 Å². The third-order valence-electron chi connectivity index (χ3n) is 4.36.